The van der Waals surface area contributed by atoms with E-state index in [1.165, 1.54) is 6.92 Å². The number of hydrogen-bond donors (Lipinski definition) is 7. The van der Waals surface area contributed by atoms with Crippen molar-refractivity contribution in [3.05, 3.63) is 71.8 Å². The number of hydrogen-bond acceptors (Lipinski definition) is 7. The van der Waals surface area contributed by atoms with E-state index in [-0.39, 0.29) is 19.3 Å². The third-order valence-electron chi connectivity index (χ3n) is 5.92. The summed E-state index contributed by atoms with van der Waals surface area (Å²) in [5.41, 5.74) is 7.09. The molecule has 0 saturated heterocycles. The number of carbonyl (C=O) groups is 5. The van der Waals surface area contributed by atoms with Crippen LogP contribution in [-0.4, -0.2) is 75.3 Å². The van der Waals surface area contributed by atoms with Crippen molar-refractivity contribution in [2.45, 2.75) is 62.9 Å². The highest BCUT2D eigenvalue weighted by molar-refractivity contribution is 5.94. The minimum Gasteiger partial charge on any atom is -0.481 e. The van der Waals surface area contributed by atoms with Gasteiger partial charge in [-0.25, -0.2) is 4.79 Å². The fourth-order valence-electron chi connectivity index (χ4n) is 3.67. The molecule has 39 heavy (non-hydrogen) atoms. The van der Waals surface area contributed by atoms with Crippen molar-refractivity contribution in [3.63, 3.8) is 0 Å². The third kappa shape index (κ3) is 10.5. The molecular formula is C27H34N4O8. The lowest BCUT2D eigenvalue weighted by Gasteiger charge is -2.26. The molecule has 0 aliphatic heterocycles. The van der Waals surface area contributed by atoms with Gasteiger partial charge < -0.3 is 37.0 Å². The van der Waals surface area contributed by atoms with Crippen LogP contribution >= 0.6 is 0 Å². The van der Waals surface area contributed by atoms with Crippen LogP contribution in [0.3, 0.4) is 0 Å². The highest BCUT2D eigenvalue weighted by atomic mass is 16.4. The van der Waals surface area contributed by atoms with Crippen LogP contribution in [-0.2, 0) is 36.8 Å². The second kappa shape index (κ2) is 15.2. The molecule has 0 spiro atoms. The van der Waals surface area contributed by atoms with E-state index in [2.05, 4.69) is 16.0 Å². The van der Waals surface area contributed by atoms with Gasteiger partial charge in [0.1, 0.15) is 24.2 Å². The first kappa shape index (κ1) is 30.9. The molecular weight excluding hydrogens is 508 g/mol. The van der Waals surface area contributed by atoms with Crippen LogP contribution < -0.4 is 21.7 Å². The maximum Gasteiger partial charge on any atom is 0.326 e. The monoisotopic (exact) mass is 542 g/mol. The maximum atomic E-state index is 13.4. The molecule has 3 amide bonds. The van der Waals surface area contributed by atoms with Crippen molar-refractivity contribution in [1.82, 2.24) is 16.0 Å². The van der Waals surface area contributed by atoms with E-state index in [0.717, 1.165) is 0 Å². The summed E-state index contributed by atoms with van der Waals surface area (Å²) in [6, 6.07) is 12.2. The van der Waals surface area contributed by atoms with Crippen molar-refractivity contribution in [2.75, 3.05) is 0 Å². The van der Waals surface area contributed by atoms with Gasteiger partial charge in [-0.3, -0.25) is 19.2 Å². The quantitative estimate of drug-likeness (QED) is 0.156. The lowest BCUT2D eigenvalue weighted by Crippen LogP contribution is -2.59. The molecule has 0 saturated carbocycles. The number of nitrogens with two attached hydrogens (primary N) is 1. The minimum absolute atomic E-state index is 0.0110. The number of benzene rings is 2. The van der Waals surface area contributed by atoms with Crippen molar-refractivity contribution < 1.29 is 39.3 Å². The van der Waals surface area contributed by atoms with Gasteiger partial charge in [0, 0.05) is 19.3 Å². The van der Waals surface area contributed by atoms with Gasteiger partial charge in [0.05, 0.1) is 6.10 Å². The number of amides is 3. The van der Waals surface area contributed by atoms with Crippen molar-refractivity contribution in [1.29, 1.82) is 0 Å². The molecule has 0 fully saturated rings. The van der Waals surface area contributed by atoms with Crippen LogP contribution in [0.4, 0.5) is 0 Å². The Labute approximate surface area is 225 Å². The van der Waals surface area contributed by atoms with Gasteiger partial charge in [-0.1, -0.05) is 60.7 Å². The van der Waals surface area contributed by atoms with E-state index in [1.807, 2.05) is 0 Å². The second-order valence-corrected chi connectivity index (χ2v) is 9.10. The van der Waals surface area contributed by atoms with E-state index in [9.17, 15) is 34.2 Å². The molecule has 2 aromatic rings. The second-order valence-electron chi connectivity index (χ2n) is 9.10. The Morgan fingerprint density at radius 3 is 1.51 bits per heavy atom. The first-order valence-electron chi connectivity index (χ1n) is 12.3. The van der Waals surface area contributed by atoms with Gasteiger partial charge in [-0.2, -0.15) is 0 Å². The largest absolute Gasteiger partial charge is 0.481 e. The van der Waals surface area contributed by atoms with Gasteiger partial charge >= 0.3 is 11.9 Å². The van der Waals surface area contributed by atoms with Crippen LogP contribution in [0.5, 0.6) is 0 Å². The predicted octanol–water partition coefficient (Wildman–Crippen LogP) is -0.416. The molecule has 12 nitrogen and oxygen atoms in total. The molecule has 0 aliphatic rings. The zero-order valence-electron chi connectivity index (χ0n) is 21.4. The summed E-state index contributed by atoms with van der Waals surface area (Å²) in [5, 5.41) is 35.5. The first-order chi connectivity index (χ1) is 18.5. The average molecular weight is 543 g/mol. The summed E-state index contributed by atoms with van der Waals surface area (Å²) in [7, 11) is 0. The Bertz CT molecular complexity index is 1130. The molecule has 0 aromatic heterocycles. The number of nitrogens with one attached hydrogen (secondary N) is 3. The molecule has 0 aliphatic carbocycles. The highest BCUT2D eigenvalue weighted by Crippen LogP contribution is 2.09. The predicted molar refractivity (Wildman–Crippen MR) is 140 cm³/mol. The van der Waals surface area contributed by atoms with Crippen LogP contribution in [0.2, 0.25) is 0 Å². The van der Waals surface area contributed by atoms with Crippen LogP contribution in [0.15, 0.2) is 60.7 Å². The molecule has 210 valence electrons. The number of carboxylic acids is 2. The Kier molecular flexibility index (Phi) is 12.1. The van der Waals surface area contributed by atoms with E-state index >= 15 is 0 Å². The third-order valence-corrected chi connectivity index (χ3v) is 5.92. The maximum absolute atomic E-state index is 13.4. The van der Waals surface area contributed by atoms with Gasteiger partial charge in [-0.05, 0) is 24.5 Å². The number of aliphatic carboxylic acids is 2. The number of carboxylic acid groups (broad SMARTS) is 2. The molecule has 5 unspecified atom stereocenters. The lowest BCUT2D eigenvalue weighted by atomic mass is 10.0. The normalized spacial score (nSPS) is 14.6. The topological polar surface area (TPSA) is 208 Å². The standard InChI is InChI=1S/C27H34N4O8/c1-16(32)23(28)26(37)31-21(15-18-10-6-3-7-11-18)25(36)30-20(14-17-8-4-2-5-9-17)24(35)29-19(27(38)39)12-13-22(33)34/h2-11,16,19-21,23,32H,12-15,28H2,1H3,(H,29,35)(H,30,36)(H,31,37)(H,33,34)(H,38,39). The Balaban J connectivity index is 2.30. The van der Waals surface area contributed by atoms with Gasteiger partial charge in [-0.15, -0.1) is 0 Å². The fraction of sp³-hybridized carbons (Fsp3) is 0.370. The van der Waals surface area contributed by atoms with Gasteiger partial charge in [0.2, 0.25) is 17.7 Å². The van der Waals surface area contributed by atoms with Crippen LogP contribution in [0.1, 0.15) is 30.9 Å². The number of aliphatic hydroxyl groups is 1. The molecule has 12 heteroatoms. The SMILES string of the molecule is CC(O)C(N)C(=O)NC(Cc1ccccc1)C(=O)NC(Cc1ccccc1)C(=O)NC(CCC(=O)O)C(=O)O. The molecule has 5 atom stereocenters. The van der Waals surface area contributed by atoms with E-state index in [4.69, 9.17) is 10.8 Å². The summed E-state index contributed by atoms with van der Waals surface area (Å²) in [5.74, 6) is -4.99. The summed E-state index contributed by atoms with van der Waals surface area (Å²) in [6.07, 6.45) is -1.99. The smallest absolute Gasteiger partial charge is 0.326 e. The van der Waals surface area contributed by atoms with E-state index < -0.39 is 66.4 Å². The zero-order valence-corrected chi connectivity index (χ0v) is 21.4. The molecule has 2 rings (SSSR count). The Morgan fingerprint density at radius 1 is 0.718 bits per heavy atom. The molecule has 8 N–H and O–H groups in total. The minimum atomic E-state index is -1.49. The number of aliphatic hydroxyl groups excluding tert-OH is 1. The Morgan fingerprint density at radius 2 is 1.13 bits per heavy atom. The summed E-state index contributed by atoms with van der Waals surface area (Å²) in [4.78, 5) is 61.7. The van der Waals surface area contributed by atoms with E-state index in [1.54, 1.807) is 60.7 Å². The molecule has 0 radical (unpaired) electrons. The summed E-state index contributed by atoms with van der Waals surface area (Å²) in [6.45, 7) is 1.33. The van der Waals surface area contributed by atoms with Crippen LogP contribution in [0, 0.1) is 0 Å². The molecule has 0 heterocycles. The fourth-order valence-corrected chi connectivity index (χ4v) is 3.67. The molecule has 0 bridgehead atoms. The average Bonchev–Trinajstić information content (AvgIpc) is 2.90. The highest BCUT2D eigenvalue weighted by Gasteiger charge is 2.31. The van der Waals surface area contributed by atoms with Gasteiger partial charge in [0.25, 0.3) is 0 Å². The number of carbonyl (C=O) groups excluding carboxylic acids is 3. The Hall–Kier alpha value is -4.29. The number of rotatable bonds is 15. The van der Waals surface area contributed by atoms with Crippen molar-refractivity contribution in [3.8, 4) is 0 Å². The first-order valence-corrected chi connectivity index (χ1v) is 12.3. The molecule has 2 aromatic carbocycles. The summed E-state index contributed by atoms with van der Waals surface area (Å²) < 4.78 is 0. The zero-order chi connectivity index (χ0) is 28.9. The summed E-state index contributed by atoms with van der Waals surface area (Å²) >= 11 is 0. The van der Waals surface area contributed by atoms with Crippen molar-refractivity contribution in [2.24, 2.45) is 5.73 Å². The van der Waals surface area contributed by atoms with Crippen molar-refractivity contribution >= 4 is 29.7 Å². The van der Waals surface area contributed by atoms with E-state index in [0.29, 0.717) is 11.1 Å². The van der Waals surface area contributed by atoms with Crippen LogP contribution in [0.25, 0.3) is 0 Å². The van der Waals surface area contributed by atoms with Gasteiger partial charge in [0.15, 0.2) is 0 Å². The lowest BCUT2D eigenvalue weighted by molar-refractivity contribution is -0.143.